The molecule has 0 spiro atoms. The van der Waals surface area contributed by atoms with Crippen molar-refractivity contribution in [2.24, 2.45) is 0 Å². The summed E-state index contributed by atoms with van der Waals surface area (Å²) in [5, 5.41) is 7.34. The molecule has 4 heteroatoms. The summed E-state index contributed by atoms with van der Waals surface area (Å²) in [7, 11) is 0. The molecule has 1 aliphatic rings. The van der Waals surface area contributed by atoms with Crippen LogP contribution in [0.2, 0.25) is 5.15 Å². The number of rotatable bonds is 3. The summed E-state index contributed by atoms with van der Waals surface area (Å²) in [4.78, 5) is 4.03. The average Bonchev–Trinajstić information content (AvgIpc) is 2.70. The maximum atomic E-state index is 5.70. The third-order valence-electron chi connectivity index (χ3n) is 2.44. The second kappa shape index (κ2) is 4.73. The number of pyridine rings is 1. The standard InChI is InChI=1S/C10H14ClN3/c11-10-2-1-8(6-14-10)5-13-9-3-4-12-7-9/h1-2,6,9,12-13H,3-5,7H2/t9-/m0/s1. The van der Waals surface area contributed by atoms with Crippen LogP contribution in [0.4, 0.5) is 0 Å². The van der Waals surface area contributed by atoms with Crippen molar-refractivity contribution in [3.63, 3.8) is 0 Å². The number of halogens is 1. The lowest BCUT2D eigenvalue weighted by atomic mass is 10.2. The molecule has 0 aliphatic carbocycles. The van der Waals surface area contributed by atoms with Gasteiger partial charge in [0.2, 0.25) is 0 Å². The molecule has 14 heavy (non-hydrogen) atoms. The number of hydrogen-bond donors (Lipinski definition) is 2. The van der Waals surface area contributed by atoms with Gasteiger partial charge in [0.1, 0.15) is 5.15 Å². The van der Waals surface area contributed by atoms with Crippen molar-refractivity contribution < 1.29 is 0 Å². The molecule has 2 rings (SSSR count). The fraction of sp³-hybridized carbons (Fsp3) is 0.500. The topological polar surface area (TPSA) is 37.0 Å². The lowest BCUT2D eigenvalue weighted by Gasteiger charge is -2.10. The highest BCUT2D eigenvalue weighted by Gasteiger charge is 2.12. The van der Waals surface area contributed by atoms with Crippen LogP contribution in [0.15, 0.2) is 18.3 Å². The van der Waals surface area contributed by atoms with Gasteiger partial charge in [0.15, 0.2) is 0 Å². The minimum atomic E-state index is 0.552. The Balaban J connectivity index is 1.82. The first-order valence-corrected chi connectivity index (χ1v) is 5.27. The van der Waals surface area contributed by atoms with E-state index in [0.29, 0.717) is 11.2 Å². The first-order valence-electron chi connectivity index (χ1n) is 4.89. The molecule has 0 radical (unpaired) electrons. The Kier molecular flexibility index (Phi) is 3.35. The SMILES string of the molecule is Clc1ccc(CN[C@H]2CCNC2)cn1. The Labute approximate surface area is 88.9 Å². The summed E-state index contributed by atoms with van der Waals surface area (Å²) in [5.74, 6) is 0. The molecule has 1 fully saturated rings. The van der Waals surface area contributed by atoms with Gasteiger partial charge in [-0.3, -0.25) is 0 Å². The van der Waals surface area contributed by atoms with Crippen LogP contribution in [0.3, 0.4) is 0 Å². The first kappa shape index (κ1) is 9.90. The third-order valence-corrected chi connectivity index (χ3v) is 2.67. The molecule has 0 amide bonds. The lowest BCUT2D eigenvalue weighted by Crippen LogP contribution is -2.30. The van der Waals surface area contributed by atoms with E-state index in [9.17, 15) is 0 Å². The molecule has 1 atom stereocenters. The van der Waals surface area contributed by atoms with Crippen LogP contribution >= 0.6 is 11.6 Å². The van der Waals surface area contributed by atoms with Gasteiger partial charge in [-0.2, -0.15) is 0 Å². The molecule has 0 bridgehead atoms. The fourth-order valence-electron chi connectivity index (χ4n) is 1.60. The van der Waals surface area contributed by atoms with E-state index < -0.39 is 0 Å². The van der Waals surface area contributed by atoms with Crippen LogP contribution in [0.25, 0.3) is 0 Å². The van der Waals surface area contributed by atoms with E-state index in [2.05, 4.69) is 15.6 Å². The van der Waals surface area contributed by atoms with Gasteiger partial charge < -0.3 is 10.6 Å². The van der Waals surface area contributed by atoms with Crippen molar-refractivity contribution in [1.82, 2.24) is 15.6 Å². The smallest absolute Gasteiger partial charge is 0.129 e. The quantitative estimate of drug-likeness (QED) is 0.738. The van der Waals surface area contributed by atoms with Crippen LogP contribution < -0.4 is 10.6 Å². The van der Waals surface area contributed by atoms with Crippen molar-refractivity contribution in [1.29, 1.82) is 0 Å². The van der Waals surface area contributed by atoms with E-state index >= 15 is 0 Å². The Morgan fingerprint density at radius 2 is 2.50 bits per heavy atom. The van der Waals surface area contributed by atoms with Gasteiger partial charge in [-0.15, -0.1) is 0 Å². The van der Waals surface area contributed by atoms with Gasteiger partial charge in [-0.25, -0.2) is 4.98 Å². The van der Waals surface area contributed by atoms with Gasteiger partial charge in [-0.1, -0.05) is 17.7 Å². The maximum Gasteiger partial charge on any atom is 0.129 e. The van der Waals surface area contributed by atoms with E-state index in [4.69, 9.17) is 11.6 Å². The number of hydrogen-bond acceptors (Lipinski definition) is 3. The minimum Gasteiger partial charge on any atom is -0.315 e. The van der Waals surface area contributed by atoms with Crippen LogP contribution in [0, 0.1) is 0 Å². The largest absolute Gasteiger partial charge is 0.315 e. The van der Waals surface area contributed by atoms with Gasteiger partial charge in [0.25, 0.3) is 0 Å². The molecule has 0 unspecified atom stereocenters. The molecule has 2 heterocycles. The van der Waals surface area contributed by atoms with Crippen molar-refractivity contribution in [2.75, 3.05) is 13.1 Å². The second-order valence-corrected chi connectivity index (χ2v) is 3.95. The lowest BCUT2D eigenvalue weighted by molar-refractivity contribution is 0.547. The van der Waals surface area contributed by atoms with Crippen molar-refractivity contribution in [2.45, 2.75) is 19.0 Å². The highest BCUT2D eigenvalue weighted by molar-refractivity contribution is 6.29. The van der Waals surface area contributed by atoms with Crippen molar-refractivity contribution in [3.05, 3.63) is 29.0 Å². The Bertz CT molecular complexity index is 280. The molecule has 1 saturated heterocycles. The molecule has 76 valence electrons. The van der Waals surface area contributed by atoms with E-state index in [1.54, 1.807) is 0 Å². The molecule has 0 saturated carbocycles. The summed E-state index contributed by atoms with van der Waals surface area (Å²) < 4.78 is 0. The average molecular weight is 212 g/mol. The number of nitrogens with zero attached hydrogens (tertiary/aromatic N) is 1. The van der Waals surface area contributed by atoms with E-state index in [1.807, 2.05) is 18.3 Å². The van der Waals surface area contributed by atoms with Crippen LogP contribution in [0.1, 0.15) is 12.0 Å². The molecular weight excluding hydrogens is 198 g/mol. The molecule has 0 aromatic carbocycles. The Morgan fingerprint density at radius 1 is 1.57 bits per heavy atom. The normalized spacial score (nSPS) is 21.4. The Hall–Kier alpha value is -0.640. The molecular formula is C10H14ClN3. The number of aromatic nitrogens is 1. The first-order chi connectivity index (χ1) is 6.84. The van der Waals surface area contributed by atoms with Gasteiger partial charge in [0.05, 0.1) is 0 Å². The minimum absolute atomic E-state index is 0.552. The third kappa shape index (κ3) is 2.67. The van der Waals surface area contributed by atoms with Crippen LogP contribution in [-0.2, 0) is 6.54 Å². The van der Waals surface area contributed by atoms with Gasteiger partial charge >= 0.3 is 0 Å². The van der Waals surface area contributed by atoms with Gasteiger partial charge in [0, 0.05) is 25.3 Å². The summed E-state index contributed by atoms with van der Waals surface area (Å²) in [6.07, 6.45) is 3.03. The molecule has 3 nitrogen and oxygen atoms in total. The summed E-state index contributed by atoms with van der Waals surface area (Å²) in [6.45, 7) is 3.06. The van der Waals surface area contributed by atoms with Gasteiger partial charge in [-0.05, 0) is 24.6 Å². The molecule has 1 aliphatic heterocycles. The summed E-state index contributed by atoms with van der Waals surface area (Å²) >= 11 is 5.70. The monoisotopic (exact) mass is 211 g/mol. The van der Waals surface area contributed by atoms with Crippen LogP contribution in [-0.4, -0.2) is 24.1 Å². The summed E-state index contributed by atoms with van der Waals surface area (Å²) in [6, 6.07) is 4.43. The van der Waals surface area contributed by atoms with E-state index in [0.717, 1.165) is 19.6 Å². The zero-order valence-corrected chi connectivity index (χ0v) is 8.72. The molecule has 1 aromatic heterocycles. The van der Waals surface area contributed by atoms with Crippen molar-refractivity contribution >= 4 is 11.6 Å². The van der Waals surface area contributed by atoms with E-state index in [-0.39, 0.29) is 0 Å². The maximum absolute atomic E-state index is 5.70. The fourth-order valence-corrected chi connectivity index (χ4v) is 1.71. The molecule has 2 N–H and O–H groups in total. The highest BCUT2D eigenvalue weighted by Crippen LogP contribution is 2.06. The van der Waals surface area contributed by atoms with E-state index in [1.165, 1.54) is 12.0 Å². The molecule has 1 aromatic rings. The zero-order chi connectivity index (χ0) is 9.80. The van der Waals surface area contributed by atoms with Crippen molar-refractivity contribution in [3.8, 4) is 0 Å². The highest BCUT2D eigenvalue weighted by atomic mass is 35.5. The second-order valence-electron chi connectivity index (χ2n) is 3.56. The number of nitrogens with one attached hydrogen (secondary N) is 2. The Morgan fingerprint density at radius 3 is 3.14 bits per heavy atom. The van der Waals surface area contributed by atoms with Crippen LogP contribution in [0.5, 0.6) is 0 Å². The predicted octanol–water partition coefficient (Wildman–Crippen LogP) is 1.19. The summed E-state index contributed by atoms with van der Waals surface area (Å²) in [5.41, 5.74) is 1.18. The predicted molar refractivity (Wildman–Crippen MR) is 57.4 cm³/mol. The zero-order valence-electron chi connectivity index (χ0n) is 7.96.